The van der Waals surface area contributed by atoms with Crippen LogP contribution in [0.4, 0.5) is 0 Å². The van der Waals surface area contributed by atoms with Gasteiger partial charge in [-0.3, -0.25) is 4.79 Å². The molecule has 106 valence electrons. The Balaban J connectivity index is 3.12. The number of nitrogens with zero attached hydrogens (tertiary/aromatic N) is 3. The van der Waals surface area contributed by atoms with E-state index in [4.69, 9.17) is 5.11 Å². The number of carbonyl (C=O) groups is 2. The smallest absolute Gasteiger partial charge is 0.358 e. The van der Waals surface area contributed by atoms with E-state index in [1.165, 1.54) is 4.68 Å². The standard InChI is InChI=1S/C12H20N4O3/c1-5-13-11(17)8(4)16-9(6-7(2)3)10(12(18)19)14-15-16/h7-8H,5-6H2,1-4H3,(H,13,17)(H,18,19). The molecule has 0 aliphatic heterocycles. The van der Waals surface area contributed by atoms with Crippen molar-refractivity contribution in [3.63, 3.8) is 0 Å². The molecule has 1 heterocycles. The molecule has 7 heteroatoms. The van der Waals surface area contributed by atoms with Gasteiger partial charge in [-0.05, 0) is 26.2 Å². The zero-order valence-corrected chi connectivity index (χ0v) is 11.7. The summed E-state index contributed by atoms with van der Waals surface area (Å²) in [5, 5.41) is 19.3. The van der Waals surface area contributed by atoms with Gasteiger partial charge in [0.05, 0.1) is 5.69 Å². The molecule has 0 aliphatic rings. The molecule has 0 saturated carbocycles. The Morgan fingerprint density at radius 2 is 2.00 bits per heavy atom. The van der Waals surface area contributed by atoms with E-state index in [1.54, 1.807) is 6.92 Å². The largest absolute Gasteiger partial charge is 0.476 e. The van der Waals surface area contributed by atoms with Crippen LogP contribution < -0.4 is 5.32 Å². The molecule has 0 saturated heterocycles. The Labute approximate surface area is 112 Å². The Kier molecular flexibility index (Phi) is 5.02. The lowest BCUT2D eigenvalue weighted by Crippen LogP contribution is -2.32. The molecule has 0 fully saturated rings. The predicted octanol–water partition coefficient (Wildman–Crippen LogP) is 0.872. The van der Waals surface area contributed by atoms with E-state index in [9.17, 15) is 9.59 Å². The summed E-state index contributed by atoms with van der Waals surface area (Å²) in [6.07, 6.45) is 0.512. The van der Waals surface area contributed by atoms with Crippen LogP contribution in [-0.2, 0) is 11.2 Å². The highest BCUT2D eigenvalue weighted by Crippen LogP contribution is 2.16. The van der Waals surface area contributed by atoms with E-state index < -0.39 is 12.0 Å². The number of aromatic nitrogens is 3. The summed E-state index contributed by atoms with van der Waals surface area (Å²) in [5.74, 6) is -1.07. The molecule has 1 aromatic rings. The third kappa shape index (κ3) is 3.52. The van der Waals surface area contributed by atoms with E-state index in [1.807, 2.05) is 20.8 Å². The average molecular weight is 268 g/mol. The highest BCUT2D eigenvalue weighted by molar-refractivity contribution is 5.87. The van der Waals surface area contributed by atoms with Crippen LogP contribution >= 0.6 is 0 Å². The number of rotatable bonds is 6. The van der Waals surface area contributed by atoms with Crippen molar-refractivity contribution in [2.45, 2.75) is 40.2 Å². The first-order chi connectivity index (χ1) is 8.88. The predicted molar refractivity (Wildman–Crippen MR) is 68.9 cm³/mol. The monoisotopic (exact) mass is 268 g/mol. The van der Waals surface area contributed by atoms with Crippen molar-refractivity contribution >= 4 is 11.9 Å². The van der Waals surface area contributed by atoms with E-state index in [2.05, 4.69) is 15.6 Å². The summed E-state index contributed by atoms with van der Waals surface area (Å²) in [4.78, 5) is 22.9. The Bertz CT molecular complexity index is 468. The molecule has 1 unspecified atom stereocenters. The lowest BCUT2D eigenvalue weighted by molar-refractivity contribution is -0.124. The second kappa shape index (κ2) is 6.31. The number of carbonyl (C=O) groups excluding carboxylic acids is 1. The van der Waals surface area contributed by atoms with E-state index in [0.717, 1.165) is 0 Å². The number of carboxylic acid groups (broad SMARTS) is 1. The Morgan fingerprint density at radius 1 is 1.37 bits per heavy atom. The van der Waals surface area contributed by atoms with Crippen molar-refractivity contribution < 1.29 is 14.7 Å². The summed E-state index contributed by atoms with van der Waals surface area (Å²) >= 11 is 0. The van der Waals surface area contributed by atoms with Crippen molar-refractivity contribution in [3.05, 3.63) is 11.4 Å². The van der Waals surface area contributed by atoms with Crippen LogP contribution in [-0.4, -0.2) is 38.5 Å². The minimum absolute atomic E-state index is 0.0788. The van der Waals surface area contributed by atoms with Crippen LogP contribution in [0.3, 0.4) is 0 Å². The van der Waals surface area contributed by atoms with Gasteiger partial charge in [0.15, 0.2) is 5.69 Å². The maximum atomic E-state index is 11.8. The van der Waals surface area contributed by atoms with Crippen molar-refractivity contribution in [1.82, 2.24) is 20.3 Å². The molecular weight excluding hydrogens is 248 g/mol. The topological polar surface area (TPSA) is 97.1 Å². The number of carboxylic acids is 1. The third-order valence-corrected chi connectivity index (χ3v) is 2.69. The molecule has 1 amide bonds. The zero-order valence-electron chi connectivity index (χ0n) is 11.7. The summed E-state index contributed by atoms with van der Waals surface area (Å²) in [7, 11) is 0. The normalized spacial score (nSPS) is 12.5. The Morgan fingerprint density at radius 3 is 2.47 bits per heavy atom. The van der Waals surface area contributed by atoms with Gasteiger partial charge in [-0.1, -0.05) is 19.1 Å². The molecule has 1 rings (SSSR count). The molecule has 1 aromatic heterocycles. The lowest BCUT2D eigenvalue weighted by atomic mass is 10.1. The van der Waals surface area contributed by atoms with Crippen LogP contribution in [0, 0.1) is 5.92 Å². The number of amides is 1. The molecule has 0 aromatic carbocycles. The van der Waals surface area contributed by atoms with Gasteiger partial charge >= 0.3 is 5.97 Å². The lowest BCUT2D eigenvalue weighted by Gasteiger charge is -2.15. The average Bonchev–Trinajstić information content (AvgIpc) is 2.71. The highest BCUT2D eigenvalue weighted by Gasteiger charge is 2.25. The van der Waals surface area contributed by atoms with Crippen molar-refractivity contribution in [3.8, 4) is 0 Å². The minimum Gasteiger partial charge on any atom is -0.476 e. The van der Waals surface area contributed by atoms with Crippen molar-refractivity contribution in [1.29, 1.82) is 0 Å². The fraction of sp³-hybridized carbons (Fsp3) is 0.667. The fourth-order valence-electron chi connectivity index (χ4n) is 1.80. The maximum absolute atomic E-state index is 11.8. The van der Waals surface area contributed by atoms with Crippen LogP contribution in [0.25, 0.3) is 0 Å². The van der Waals surface area contributed by atoms with Crippen LogP contribution in [0.5, 0.6) is 0 Å². The maximum Gasteiger partial charge on any atom is 0.358 e. The fourth-order valence-corrected chi connectivity index (χ4v) is 1.80. The van der Waals surface area contributed by atoms with Gasteiger partial charge in [-0.15, -0.1) is 5.10 Å². The van der Waals surface area contributed by atoms with Crippen LogP contribution in [0.1, 0.15) is 49.9 Å². The summed E-state index contributed by atoms with van der Waals surface area (Å²) in [6, 6.07) is -0.575. The quantitative estimate of drug-likeness (QED) is 0.798. The van der Waals surface area contributed by atoms with Gasteiger partial charge in [0.25, 0.3) is 0 Å². The van der Waals surface area contributed by atoms with E-state index in [0.29, 0.717) is 18.7 Å². The van der Waals surface area contributed by atoms with Gasteiger partial charge in [0.2, 0.25) is 5.91 Å². The first-order valence-corrected chi connectivity index (χ1v) is 6.33. The number of likely N-dealkylation sites (N-methyl/N-ethyl adjacent to an activating group) is 1. The zero-order chi connectivity index (χ0) is 14.6. The van der Waals surface area contributed by atoms with Gasteiger partial charge < -0.3 is 10.4 Å². The molecule has 0 radical (unpaired) electrons. The second-order valence-corrected chi connectivity index (χ2v) is 4.80. The first kappa shape index (κ1) is 15.1. The molecule has 19 heavy (non-hydrogen) atoms. The van der Waals surface area contributed by atoms with Crippen LogP contribution in [0.15, 0.2) is 0 Å². The number of aromatic carboxylic acids is 1. The van der Waals surface area contributed by atoms with E-state index >= 15 is 0 Å². The number of hydrogen-bond donors (Lipinski definition) is 2. The van der Waals surface area contributed by atoms with Gasteiger partial charge in [-0.25, -0.2) is 9.48 Å². The summed E-state index contributed by atoms with van der Waals surface area (Å²) < 4.78 is 1.40. The Hall–Kier alpha value is -1.92. The number of nitrogens with one attached hydrogen (secondary N) is 1. The van der Waals surface area contributed by atoms with Gasteiger partial charge in [-0.2, -0.15) is 0 Å². The molecule has 0 spiro atoms. The van der Waals surface area contributed by atoms with Gasteiger partial charge in [0, 0.05) is 6.54 Å². The second-order valence-electron chi connectivity index (χ2n) is 4.80. The van der Waals surface area contributed by atoms with Gasteiger partial charge in [0.1, 0.15) is 6.04 Å². The molecule has 7 nitrogen and oxygen atoms in total. The first-order valence-electron chi connectivity index (χ1n) is 6.33. The van der Waals surface area contributed by atoms with Crippen molar-refractivity contribution in [2.75, 3.05) is 6.54 Å². The summed E-state index contributed by atoms with van der Waals surface area (Å²) in [5.41, 5.74) is 0.408. The van der Waals surface area contributed by atoms with Crippen LogP contribution in [0.2, 0.25) is 0 Å². The molecule has 1 atom stereocenters. The minimum atomic E-state index is -1.12. The van der Waals surface area contributed by atoms with Crippen molar-refractivity contribution in [2.24, 2.45) is 5.92 Å². The molecular formula is C12H20N4O3. The SMILES string of the molecule is CCNC(=O)C(C)n1nnc(C(=O)O)c1CC(C)C. The molecule has 0 bridgehead atoms. The number of hydrogen-bond acceptors (Lipinski definition) is 4. The molecule has 2 N–H and O–H groups in total. The summed E-state index contributed by atoms with van der Waals surface area (Å²) in [6.45, 7) is 7.96. The highest BCUT2D eigenvalue weighted by atomic mass is 16.4. The third-order valence-electron chi connectivity index (χ3n) is 2.69. The van der Waals surface area contributed by atoms with E-state index in [-0.39, 0.29) is 17.5 Å². The molecule has 0 aliphatic carbocycles.